The Morgan fingerprint density at radius 1 is 0.722 bits per heavy atom. The molecule has 8 nitrogen and oxygen atoms in total. The molecule has 0 amide bonds. The van der Waals surface area contributed by atoms with E-state index in [0.717, 1.165) is 0 Å². The van der Waals surface area contributed by atoms with Crippen LogP contribution in [0.1, 0.15) is 25.7 Å². The van der Waals surface area contributed by atoms with Gasteiger partial charge in [0, 0.05) is 11.8 Å². The molecule has 2 atom stereocenters. The minimum Gasteiger partial charge on any atom is -0.375 e. The van der Waals surface area contributed by atoms with Crippen molar-refractivity contribution in [3.8, 4) is 0 Å². The van der Waals surface area contributed by atoms with E-state index in [2.05, 4.69) is 0 Å². The molecule has 2 unspecified atom stereocenters. The van der Waals surface area contributed by atoms with Gasteiger partial charge in [-0.3, -0.25) is 9.11 Å². The summed E-state index contributed by atoms with van der Waals surface area (Å²) in [7, 11) is -9.09. The van der Waals surface area contributed by atoms with E-state index in [1.807, 2.05) is 0 Å². The summed E-state index contributed by atoms with van der Waals surface area (Å²) in [6, 6.07) is 0. The van der Waals surface area contributed by atoms with E-state index in [4.69, 9.17) is 9.11 Å². The largest absolute Gasteiger partial charge is 0.375 e. The molecular formula is C8H16O8S2. The monoisotopic (exact) mass is 304 g/mol. The number of hydrogen-bond acceptors (Lipinski definition) is 6. The second kappa shape index (κ2) is 5.39. The summed E-state index contributed by atoms with van der Waals surface area (Å²) < 4.78 is 60.3. The Hall–Kier alpha value is -0.260. The van der Waals surface area contributed by atoms with Gasteiger partial charge < -0.3 is 10.2 Å². The highest BCUT2D eigenvalue weighted by atomic mass is 32.2. The highest BCUT2D eigenvalue weighted by Crippen LogP contribution is 2.34. The third-order valence-electron chi connectivity index (χ3n) is 3.23. The van der Waals surface area contributed by atoms with E-state index < -0.39 is 42.9 Å². The summed E-state index contributed by atoms with van der Waals surface area (Å²) in [6.45, 7) is 0. The van der Waals surface area contributed by atoms with Crippen LogP contribution in [0.2, 0.25) is 0 Å². The van der Waals surface area contributed by atoms with E-state index in [9.17, 15) is 27.0 Å². The molecule has 0 aromatic carbocycles. The Balaban J connectivity index is 2.62. The average molecular weight is 304 g/mol. The molecule has 1 rings (SSSR count). The fraction of sp³-hybridized carbons (Fsp3) is 1.00. The van der Waals surface area contributed by atoms with Crippen LogP contribution in [0.25, 0.3) is 0 Å². The van der Waals surface area contributed by atoms with Gasteiger partial charge in [0.05, 0.1) is 0 Å². The number of rotatable bonds is 4. The van der Waals surface area contributed by atoms with Gasteiger partial charge in [0.2, 0.25) is 0 Å². The normalized spacial score (nSPS) is 29.8. The van der Waals surface area contributed by atoms with Crippen molar-refractivity contribution in [1.82, 2.24) is 0 Å². The molecule has 0 spiro atoms. The first kappa shape index (κ1) is 15.8. The first-order valence-corrected chi connectivity index (χ1v) is 8.33. The Morgan fingerprint density at radius 2 is 0.944 bits per heavy atom. The van der Waals surface area contributed by atoms with Crippen molar-refractivity contribution in [3.05, 3.63) is 0 Å². The zero-order chi connectivity index (χ0) is 14.1. The second-order valence-corrected chi connectivity index (χ2v) is 7.51. The van der Waals surface area contributed by atoms with Crippen molar-refractivity contribution < 1.29 is 36.2 Å². The molecule has 0 aromatic rings. The van der Waals surface area contributed by atoms with Gasteiger partial charge in [0.25, 0.3) is 20.2 Å². The highest BCUT2D eigenvalue weighted by molar-refractivity contribution is 7.86. The number of hydrogen-bond donors (Lipinski definition) is 4. The van der Waals surface area contributed by atoms with Gasteiger partial charge in [-0.05, 0) is 25.7 Å². The predicted octanol–water partition coefficient (Wildman–Crippen LogP) is -0.795. The first-order valence-electron chi connectivity index (χ1n) is 5.32. The molecule has 0 radical (unpaired) electrons. The summed E-state index contributed by atoms with van der Waals surface area (Å²) in [4.78, 5) is 0. The molecule has 108 valence electrons. The van der Waals surface area contributed by atoms with Crippen molar-refractivity contribution >= 4 is 20.2 Å². The molecule has 4 N–H and O–H groups in total. The summed E-state index contributed by atoms with van der Waals surface area (Å²) in [5.74, 6) is -1.41. The number of aliphatic hydroxyl groups is 2. The van der Waals surface area contributed by atoms with E-state index in [1.54, 1.807) is 0 Å². The third kappa shape index (κ3) is 3.87. The molecule has 0 saturated heterocycles. The fourth-order valence-corrected chi connectivity index (χ4v) is 3.72. The predicted molar refractivity (Wildman–Crippen MR) is 60.6 cm³/mol. The maximum atomic E-state index is 10.7. The zero-order valence-electron chi connectivity index (χ0n) is 9.38. The Morgan fingerprint density at radius 3 is 1.11 bits per heavy atom. The SMILES string of the molecule is O=S(=O)(O)C(O)C1CCC(C(O)S(=O)(=O)O)CC1. The topological polar surface area (TPSA) is 149 Å². The van der Waals surface area contributed by atoms with E-state index >= 15 is 0 Å². The summed E-state index contributed by atoms with van der Waals surface area (Å²) in [5.41, 5.74) is -3.80. The van der Waals surface area contributed by atoms with Gasteiger partial charge in [-0.2, -0.15) is 16.8 Å². The van der Waals surface area contributed by atoms with E-state index in [1.165, 1.54) is 0 Å². The molecule has 0 aliphatic heterocycles. The Labute approximate surface area is 105 Å². The first-order chi connectivity index (χ1) is 8.03. The molecule has 10 heteroatoms. The Kier molecular flexibility index (Phi) is 4.73. The third-order valence-corrected chi connectivity index (χ3v) is 5.22. The standard InChI is InChI=1S/C8H16O8S2/c9-7(17(11,12)13)5-1-2-6(4-3-5)8(10)18(14,15)16/h5-10H,1-4H2,(H,11,12,13)(H,14,15,16). The zero-order valence-corrected chi connectivity index (χ0v) is 11.0. The molecular weight excluding hydrogens is 288 g/mol. The van der Waals surface area contributed by atoms with Gasteiger partial charge >= 0.3 is 0 Å². The van der Waals surface area contributed by atoms with Crippen molar-refractivity contribution in [2.75, 3.05) is 0 Å². The van der Waals surface area contributed by atoms with Crippen molar-refractivity contribution in [1.29, 1.82) is 0 Å². The van der Waals surface area contributed by atoms with Crippen molar-refractivity contribution in [3.63, 3.8) is 0 Å². The summed E-state index contributed by atoms with van der Waals surface area (Å²) >= 11 is 0. The molecule has 0 aromatic heterocycles. The Bertz CT molecular complexity index is 427. The molecule has 0 heterocycles. The van der Waals surface area contributed by atoms with Crippen LogP contribution in [-0.4, -0.2) is 47.0 Å². The van der Waals surface area contributed by atoms with Crippen LogP contribution >= 0.6 is 0 Å². The van der Waals surface area contributed by atoms with Crippen LogP contribution in [0, 0.1) is 11.8 Å². The fourth-order valence-electron chi connectivity index (χ4n) is 2.20. The molecule has 1 aliphatic carbocycles. The van der Waals surface area contributed by atoms with Gasteiger partial charge in [0.1, 0.15) is 0 Å². The smallest absolute Gasteiger partial charge is 0.292 e. The van der Waals surface area contributed by atoms with Crippen LogP contribution < -0.4 is 0 Å². The van der Waals surface area contributed by atoms with E-state index in [0.29, 0.717) is 0 Å². The summed E-state index contributed by atoms with van der Waals surface area (Å²) in [5, 5.41) is 18.7. The maximum Gasteiger partial charge on any atom is 0.292 e. The molecule has 18 heavy (non-hydrogen) atoms. The van der Waals surface area contributed by atoms with Crippen LogP contribution in [-0.2, 0) is 20.2 Å². The molecule has 1 fully saturated rings. The van der Waals surface area contributed by atoms with Crippen LogP contribution in [0.5, 0.6) is 0 Å². The average Bonchev–Trinajstić information content (AvgIpc) is 2.25. The van der Waals surface area contributed by atoms with Crippen molar-refractivity contribution in [2.24, 2.45) is 11.8 Å². The van der Waals surface area contributed by atoms with Gasteiger partial charge in [-0.1, -0.05) is 0 Å². The van der Waals surface area contributed by atoms with Gasteiger partial charge in [-0.25, -0.2) is 0 Å². The lowest BCUT2D eigenvalue weighted by Gasteiger charge is -2.31. The molecule has 1 saturated carbocycles. The lowest BCUT2D eigenvalue weighted by atomic mass is 9.82. The second-order valence-electron chi connectivity index (χ2n) is 4.49. The van der Waals surface area contributed by atoms with E-state index in [-0.39, 0.29) is 25.7 Å². The highest BCUT2D eigenvalue weighted by Gasteiger charge is 2.38. The molecule has 0 bridgehead atoms. The summed E-state index contributed by atoms with van der Waals surface area (Å²) in [6.07, 6.45) is 0.548. The van der Waals surface area contributed by atoms with Gasteiger partial charge in [0.15, 0.2) is 10.9 Å². The lowest BCUT2D eigenvalue weighted by molar-refractivity contribution is 0.0864. The molecule has 1 aliphatic rings. The quantitative estimate of drug-likeness (QED) is 0.493. The lowest BCUT2D eigenvalue weighted by Crippen LogP contribution is -2.36. The minimum atomic E-state index is -4.54. The van der Waals surface area contributed by atoms with Crippen LogP contribution in [0.3, 0.4) is 0 Å². The van der Waals surface area contributed by atoms with Crippen molar-refractivity contribution in [2.45, 2.75) is 36.6 Å². The number of aliphatic hydroxyl groups excluding tert-OH is 2. The minimum absolute atomic E-state index is 0.137. The van der Waals surface area contributed by atoms with Crippen LogP contribution in [0.4, 0.5) is 0 Å². The maximum absolute atomic E-state index is 10.7. The van der Waals surface area contributed by atoms with Gasteiger partial charge in [-0.15, -0.1) is 0 Å². The van der Waals surface area contributed by atoms with Crippen LogP contribution in [0.15, 0.2) is 0 Å².